The van der Waals surface area contributed by atoms with E-state index in [1.807, 2.05) is 0 Å². The predicted octanol–water partition coefficient (Wildman–Crippen LogP) is 3.97. The van der Waals surface area contributed by atoms with Gasteiger partial charge in [-0.05, 0) is 80.8 Å². The van der Waals surface area contributed by atoms with Crippen LogP contribution in [0.5, 0.6) is 0 Å². The number of nitrogens with one attached hydrogen (secondary N) is 1. The third-order valence-electron chi connectivity index (χ3n) is 7.31. The second-order valence-corrected chi connectivity index (χ2v) is 9.57. The summed E-state index contributed by atoms with van der Waals surface area (Å²) in [5.74, 6) is 1.89. The van der Waals surface area contributed by atoms with Crippen LogP contribution in [-0.4, -0.2) is 16.5 Å². The molecule has 0 aliphatic heterocycles. The number of benzene rings is 1. The van der Waals surface area contributed by atoms with Crippen molar-refractivity contribution in [3.8, 4) is 0 Å². The highest BCUT2D eigenvalue weighted by Gasteiger charge is 2.53. The van der Waals surface area contributed by atoms with Gasteiger partial charge in [0.2, 0.25) is 5.91 Å². The van der Waals surface area contributed by atoms with Crippen molar-refractivity contribution in [1.29, 1.82) is 0 Å². The first-order chi connectivity index (χ1) is 12.9. The van der Waals surface area contributed by atoms with Crippen molar-refractivity contribution in [1.82, 2.24) is 9.88 Å². The molecule has 4 aliphatic rings. The van der Waals surface area contributed by atoms with Gasteiger partial charge in [0.05, 0.1) is 5.52 Å². The minimum atomic E-state index is -0.523. The fourth-order valence-corrected chi connectivity index (χ4v) is 6.64. The quantitative estimate of drug-likeness (QED) is 0.861. The van der Waals surface area contributed by atoms with Crippen LogP contribution in [0, 0.1) is 23.2 Å². The van der Waals surface area contributed by atoms with E-state index in [-0.39, 0.29) is 23.9 Å². The maximum atomic E-state index is 12.7. The van der Waals surface area contributed by atoms with E-state index in [2.05, 4.69) is 12.2 Å². The molecule has 0 unspecified atom stereocenters. The fraction of sp³-hybridized carbons (Fsp3) is 0.619. The van der Waals surface area contributed by atoms with Gasteiger partial charge in [-0.1, -0.05) is 11.6 Å². The normalized spacial score (nSPS) is 32.7. The average molecular weight is 389 g/mol. The Labute approximate surface area is 163 Å². The lowest BCUT2D eigenvalue weighted by Crippen LogP contribution is -2.56. The lowest BCUT2D eigenvalue weighted by atomic mass is 9.48. The first kappa shape index (κ1) is 17.4. The van der Waals surface area contributed by atoms with E-state index in [1.54, 1.807) is 18.2 Å². The number of fused-ring (bicyclic) bond motifs is 1. The van der Waals surface area contributed by atoms with Crippen LogP contribution in [0.3, 0.4) is 0 Å². The molecule has 1 amide bonds. The van der Waals surface area contributed by atoms with Crippen LogP contribution in [0.2, 0.25) is 5.02 Å². The van der Waals surface area contributed by atoms with Crippen LogP contribution < -0.4 is 11.1 Å². The molecule has 1 N–H and O–H groups in total. The standard InChI is InChI=1S/C21H25ClN2O3/c1-12(21-8-13-4-14(9-21)6-15(5-13)10-21)23-19(25)11-24-17-3-2-16(22)7-18(17)27-20(24)26/h2-3,7,12-15H,4-6,8-11H2,1H3,(H,23,25)/t12-,13?,14?,15?,21?/m1/s1. The van der Waals surface area contributed by atoms with Gasteiger partial charge >= 0.3 is 5.76 Å². The number of hydrogen-bond acceptors (Lipinski definition) is 3. The van der Waals surface area contributed by atoms with Crippen molar-refractivity contribution in [3.05, 3.63) is 33.8 Å². The maximum Gasteiger partial charge on any atom is 0.420 e. The van der Waals surface area contributed by atoms with Crippen LogP contribution in [0.15, 0.2) is 27.4 Å². The highest BCUT2D eigenvalue weighted by Crippen LogP contribution is 2.61. The van der Waals surface area contributed by atoms with Crippen LogP contribution in [0.4, 0.5) is 0 Å². The number of halogens is 1. The molecule has 0 radical (unpaired) electrons. The van der Waals surface area contributed by atoms with Gasteiger partial charge < -0.3 is 9.73 Å². The van der Waals surface area contributed by atoms with E-state index < -0.39 is 5.76 Å². The molecule has 6 heteroatoms. The Morgan fingerprint density at radius 2 is 1.89 bits per heavy atom. The molecule has 6 rings (SSSR count). The molecule has 27 heavy (non-hydrogen) atoms. The van der Waals surface area contributed by atoms with Gasteiger partial charge in [-0.25, -0.2) is 4.79 Å². The van der Waals surface area contributed by atoms with Crippen LogP contribution >= 0.6 is 11.6 Å². The smallest absolute Gasteiger partial charge is 0.408 e. The zero-order valence-corrected chi connectivity index (χ0v) is 16.3. The Morgan fingerprint density at radius 3 is 2.52 bits per heavy atom. The van der Waals surface area contributed by atoms with Crippen LogP contribution in [0.25, 0.3) is 11.1 Å². The molecule has 4 aliphatic carbocycles. The summed E-state index contributed by atoms with van der Waals surface area (Å²) >= 11 is 5.95. The molecule has 1 atom stereocenters. The van der Waals surface area contributed by atoms with E-state index in [1.165, 1.54) is 43.1 Å². The number of aromatic nitrogens is 1. The molecule has 144 valence electrons. The van der Waals surface area contributed by atoms with Crippen molar-refractivity contribution in [2.45, 2.75) is 58.0 Å². The second-order valence-electron chi connectivity index (χ2n) is 9.14. The summed E-state index contributed by atoms with van der Waals surface area (Å²) in [6.45, 7) is 2.13. The number of hydrogen-bond donors (Lipinski definition) is 1. The summed E-state index contributed by atoms with van der Waals surface area (Å²) in [5.41, 5.74) is 1.26. The SMILES string of the molecule is C[C@@H](NC(=O)Cn1c(=O)oc2cc(Cl)ccc21)C12CC3CC(CC(C3)C1)C2. The average Bonchev–Trinajstić information content (AvgIpc) is 2.88. The number of nitrogens with zero attached hydrogens (tertiary/aromatic N) is 1. The maximum absolute atomic E-state index is 12.7. The molecule has 1 aromatic carbocycles. The van der Waals surface area contributed by atoms with Crippen molar-refractivity contribution in [3.63, 3.8) is 0 Å². The first-order valence-electron chi connectivity index (χ1n) is 10.0. The highest BCUT2D eigenvalue weighted by atomic mass is 35.5. The Kier molecular flexibility index (Phi) is 3.94. The molecular weight excluding hydrogens is 364 g/mol. The molecule has 0 spiro atoms. The number of amides is 1. The van der Waals surface area contributed by atoms with Gasteiger partial charge in [-0.3, -0.25) is 9.36 Å². The monoisotopic (exact) mass is 388 g/mol. The zero-order chi connectivity index (χ0) is 18.8. The van der Waals surface area contributed by atoms with E-state index in [9.17, 15) is 9.59 Å². The van der Waals surface area contributed by atoms with Crippen molar-refractivity contribution >= 4 is 28.6 Å². The van der Waals surface area contributed by atoms with Crippen LogP contribution in [0.1, 0.15) is 45.4 Å². The number of oxazole rings is 1. The summed E-state index contributed by atoms with van der Waals surface area (Å²) in [4.78, 5) is 24.9. The zero-order valence-electron chi connectivity index (χ0n) is 15.5. The predicted molar refractivity (Wildman–Crippen MR) is 104 cm³/mol. The van der Waals surface area contributed by atoms with E-state index in [0.717, 1.165) is 17.8 Å². The van der Waals surface area contributed by atoms with Crippen molar-refractivity contribution in [2.75, 3.05) is 0 Å². The molecule has 4 saturated carbocycles. The lowest BCUT2D eigenvalue weighted by molar-refractivity contribution is -0.126. The lowest BCUT2D eigenvalue weighted by Gasteiger charge is -2.59. The Morgan fingerprint density at radius 1 is 1.26 bits per heavy atom. The molecule has 1 heterocycles. The fourth-order valence-electron chi connectivity index (χ4n) is 6.48. The minimum absolute atomic E-state index is 0.0236. The third-order valence-corrected chi connectivity index (χ3v) is 7.55. The first-order valence-corrected chi connectivity index (χ1v) is 10.4. The van der Waals surface area contributed by atoms with Gasteiger partial charge in [0.15, 0.2) is 5.58 Å². The van der Waals surface area contributed by atoms with Gasteiger partial charge in [0.25, 0.3) is 0 Å². The summed E-state index contributed by atoms with van der Waals surface area (Å²) in [5, 5.41) is 3.72. The minimum Gasteiger partial charge on any atom is -0.408 e. The molecule has 4 bridgehead atoms. The summed E-state index contributed by atoms with van der Waals surface area (Å²) in [6.07, 6.45) is 7.89. The molecular formula is C21H25ClN2O3. The Hall–Kier alpha value is -1.75. The number of carbonyl (C=O) groups excluding carboxylic acids is 1. The molecule has 5 nitrogen and oxygen atoms in total. The summed E-state index contributed by atoms with van der Waals surface area (Å²) < 4.78 is 6.61. The largest absolute Gasteiger partial charge is 0.420 e. The van der Waals surface area contributed by atoms with Crippen LogP contribution in [-0.2, 0) is 11.3 Å². The van der Waals surface area contributed by atoms with Crippen molar-refractivity contribution < 1.29 is 9.21 Å². The highest BCUT2D eigenvalue weighted by molar-refractivity contribution is 6.31. The van der Waals surface area contributed by atoms with Gasteiger partial charge in [-0.2, -0.15) is 0 Å². The molecule has 1 aromatic heterocycles. The second kappa shape index (κ2) is 6.13. The number of rotatable bonds is 4. The van der Waals surface area contributed by atoms with Gasteiger partial charge in [0, 0.05) is 17.1 Å². The summed E-state index contributed by atoms with van der Waals surface area (Å²) in [6, 6.07) is 5.16. The molecule has 4 fully saturated rings. The summed E-state index contributed by atoms with van der Waals surface area (Å²) in [7, 11) is 0. The van der Waals surface area contributed by atoms with E-state index >= 15 is 0 Å². The molecule has 0 saturated heterocycles. The van der Waals surface area contributed by atoms with Gasteiger partial charge in [-0.15, -0.1) is 0 Å². The topological polar surface area (TPSA) is 64.2 Å². The van der Waals surface area contributed by atoms with E-state index in [0.29, 0.717) is 16.1 Å². The number of carbonyl (C=O) groups is 1. The molecule has 2 aromatic rings. The third kappa shape index (κ3) is 2.91. The van der Waals surface area contributed by atoms with Gasteiger partial charge in [0.1, 0.15) is 6.54 Å². The van der Waals surface area contributed by atoms with Crippen molar-refractivity contribution in [2.24, 2.45) is 23.2 Å². The Balaban J connectivity index is 1.33. The van der Waals surface area contributed by atoms with E-state index in [4.69, 9.17) is 16.0 Å². The Bertz CT molecular complexity index is 925.